The topological polar surface area (TPSA) is 66.4 Å². The summed E-state index contributed by atoms with van der Waals surface area (Å²) in [4.78, 5) is 0. The first-order valence-electron chi connectivity index (χ1n) is 8.32. The number of hydrogen-bond donors (Lipinski definition) is 0. The standard InChI is InChI=1S/C21H22O4S/c1-15-8-4-6-10-17(15)18-14-21(25-3,13-12-20(18)26(22,23)24)19-11-7-5-9-16(19)2/h4-14,20H,1-3H3,(H,22,23,24)/p-1. The maximum Gasteiger partial charge on any atom is 0.130 e. The summed E-state index contributed by atoms with van der Waals surface area (Å²) in [5, 5.41) is -1.24. The highest BCUT2D eigenvalue weighted by Gasteiger charge is 2.36. The number of benzene rings is 2. The largest absolute Gasteiger partial charge is 0.747 e. The second-order valence-corrected chi connectivity index (χ2v) is 7.99. The van der Waals surface area contributed by atoms with E-state index in [1.54, 1.807) is 19.3 Å². The lowest BCUT2D eigenvalue weighted by atomic mass is 9.81. The van der Waals surface area contributed by atoms with Gasteiger partial charge < -0.3 is 9.29 Å². The Labute approximate surface area is 154 Å². The van der Waals surface area contributed by atoms with Crippen LogP contribution in [0, 0.1) is 13.8 Å². The molecule has 0 N–H and O–H groups in total. The third kappa shape index (κ3) is 3.26. The van der Waals surface area contributed by atoms with Gasteiger partial charge in [0.1, 0.15) is 15.7 Å². The van der Waals surface area contributed by atoms with Crippen LogP contribution in [0.25, 0.3) is 5.57 Å². The van der Waals surface area contributed by atoms with Crippen molar-refractivity contribution in [1.82, 2.24) is 0 Å². The molecular weight excluding hydrogens is 348 g/mol. The minimum Gasteiger partial charge on any atom is -0.747 e. The molecule has 0 bridgehead atoms. The Bertz CT molecular complexity index is 989. The van der Waals surface area contributed by atoms with Gasteiger partial charge in [0, 0.05) is 7.11 Å². The zero-order chi connectivity index (χ0) is 18.9. The first-order chi connectivity index (χ1) is 12.3. The van der Waals surface area contributed by atoms with Crippen molar-refractivity contribution < 1.29 is 17.7 Å². The molecule has 136 valence electrons. The predicted molar refractivity (Wildman–Crippen MR) is 102 cm³/mol. The SMILES string of the molecule is COC1(c2ccccc2C)C=CC(S(=O)(=O)[O-])C(c2ccccc2C)=C1. The highest BCUT2D eigenvalue weighted by molar-refractivity contribution is 7.87. The van der Waals surface area contributed by atoms with Crippen LogP contribution in [0.3, 0.4) is 0 Å². The molecule has 0 radical (unpaired) electrons. The molecule has 0 amide bonds. The van der Waals surface area contributed by atoms with Crippen LogP contribution >= 0.6 is 0 Å². The van der Waals surface area contributed by atoms with E-state index in [1.165, 1.54) is 6.08 Å². The third-order valence-electron chi connectivity index (χ3n) is 4.87. The Balaban J connectivity index is 2.28. The van der Waals surface area contributed by atoms with Crippen molar-refractivity contribution in [3.63, 3.8) is 0 Å². The van der Waals surface area contributed by atoms with Gasteiger partial charge in [-0.1, -0.05) is 54.6 Å². The van der Waals surface area contributed by atoms with Crippen LogP contribution in [0.5, 0.6) is 0 Å². The summed E-state index contributed by atoms with van der Waals surface area (Å²) in [6.45, 7) is 3.87. The van der Waals surface area contributed by atoms with Crippen molar-refractivity contribution in [2.75, 3.05) is 7.11 Å². The van der Waals surface area contributed by atoms with Crippen molar-refractivity contribution in [2.24, 2.45) is 0 Å². The second-order valence-electron chi connectivity index (χ2n) is 6.50. The van der Waals surface area contributed by atoms with Gasteiger partial charge in [0.25, 0.3) is 0 Å². The van der Waals surface area contributed by atoms with Crippen LogP contribution in [-0.4, -0.2) is 25.3 Å². The van der Waals surface area contributed by atoms with Gasteiger partial charge in [-0.15, -0.1) is 0 Å². The zero-order valence-electron chi connectivity index (χ0n) is 15.0. The molecule has 1 aliphatic rings. The maximum absolute atomic E-state index is 11.9. The minimum absolute atomic E-state index is 0.450. The normalized spacial score (nSPS) is 22.9. The highest BCUT2D eigenvalue weighted by Crippen LogP contribution is 2.40. The Hall–Kier alpha value is -2.21. The lowest BCUT2D eigenvalue weighted by Gasteiger charge is -2.35. The van der Waals surface area contributed by atoms with Gasteiger partial charge >= 0.3 is 0 Å². The van der Waals surface area contributed by atoms with E-state index in [1.807, 2.05) is 62.4 Å². The number of rotatable bonds is 4. The molecule has 4 nitrogen and oxygen atoms in total. The molecule has 0 heterocycles. The summed E-state index contributed by atoms with van der Waals surface area (Å²) in [5.41, 5.74) is 3.08. The summed E-state index contributed by atoms with van der Waals surface area (Å²) < 4.78 is 41.5. The summed E-state index contributed by atoms with van der Waals surface area (Å²) in [7, 11) is -2.97. The van der Waals surface area contributed by atoms with E-state index in [-0.39, 0.29) is 0 Å². The highest BCUT2D eigenvalue weighted by atomic mass is 32.2. The first-order valence-corrected chi connectivity index (χ1v) is 9.80. The predicted octanol–water partition coefficient (Wildman–Crippen LogP) is 3.71. The monoisotopic (exact) mass is 369 g/mol. The van der Waals surface area contributed by atoms with Gasteiger partial charge in [0.15, 0.2) is 0 Å². The Morgan fingerprint density at radius 2 is 1.62 bits per heavy atom. The van der Waals surface area contributed by atoms with Crippen LogP contribution in [-0.2, 0) is 20.5 Å². The van der Waals surface area contributed by atoms with Gasteiger partial charge in [-0.25, -0.2) is 8.42 Å². The third-order valence-corrected chi connectivity index (χ3v) is 5.90. The Morgan fingerprint density at radius 1 is 1.00 bits per heavy atom. The van der Waals surface area contributed by atoms with Gasteiger partial charge in [-0.3, -0.25) is 0 Å². The Morgan fingerprint density at radius 3 is 2.19 bits per heavy atom. The maximum atomic E-state index is 11.9. The van der Waals surface area contributed by atoms with Crippen molar-refractivity contribution >= 4 is 15.7 Å². The smallest absolute Gasteiger partial charge is 0.130 e. The fourth-order valence-corrected chi connectivity index (χ4v) is 4.27. The van der Waals surface area contributed by atoms with Crippen LogP contribution in [0.4, 0.5) is 0 Å². The Kier molecular flexibility index (Phi) is 4.88. The molecule has 26 heavy (non-hydrogen) atoms. The van der Waals surface area contributed by atoms with Gasteiger partial charge in [0.05, 0.1) is 5.25 Å². The average molecular weight is 369 g/mol. The van der Waals surface area contributed by atoms with Crippen molar-refractivity contribution in [2.45, 2.75) is 24.7 Å². The molecule has 0 spiro atoms. The quantitative estimate of drug-likeness (QED) is 0.609. The molecule has 0 aliphatic heterocycles. The summed E-state index contributed by atoms with van der Waals surface area (Å²) in [6, 6.07) is 15.2. The number of aryl methyl sites for hydroxylation is 2. The number of hydrogen-bond acceptors (Lipinski definition) is 4. The van der Waals surface area contributed by atoms with E-state index in [4.69, 9.17) is 4.74 Å². The van der Waals surface area contributed by atoms with Gasteiger partial charge in [-0.05, 0) is 53.8 Å². The molecule has 2 aromatic rings. The van der Waals surface area contributed by atoms with E-state index in [0.717, 1.165) is 22.3 Å². The molecule has 0 fully saturated rings. The van der Waals surface area contributed by atoms with Gasteiger partial charge in [-0.2, -0.15) is 0 Å². The van der Waals surface area contributed by atoms with Gasteiger partial charge in [0.2, 0.25) is 0 Å². The fourth-order valence-electron chi connectivity index (χ4n) is 3.49. The summed E-state index contributed by atoms with van der Waals surface area (Å²) >= 11 is 0. The molecule has 1 aliphatic carbocycles. The molecule has 2 aromatic carbocycles. The molecule has 0 saturated carbocycles. The van der Waals surface area contributed by atoms with E-state index in [9.17, 15) is 13.0 Å². The molecule has 2 atom stereocenters. The summed E-state index contributed by atoms with van der Waals surface area (Å²) in [6.07, 6.45) is 4.87. The lowest BCUT2D eigenvalue weighted by molar-refractivity contribution is 0.0712. The van der Waals surface area contributed by atoms with Crippen LogP contribution < -0.4 is 0 Å². The summed E-state index contributed by atoms with van der Waals surface area (Å²) in [5.74, 6) is 0. The van der Waals surface area contributed by atoms with Crippen molar-refractivity contribution in [3.8, 4) is 0 Å². The lowest BCUT2D eigenvalue weighted by Crippen LogP contribution is -2.32. The van der Waals surface area contributed by atoms with E-state index in [0.29, 0.717) is 5.57 Å². The van der Waals surface area contributed by atoms with Crippen molar-refractivity contribution in [1.29, 1.82) is 0 Å². The molecule has 2 unspecified atom stereocenters. The van der Waals surface area contributed by atoms with Crippen LogP contribution in [0.2, 0.25) is 0 Å². The minimum atomic E-state index is -4.55. The zero-order valence-corrected chi connectivity index (χ0v) is 15.8. The van der Waals surface area contributed by atoms with E-state index >= 15 is 0 Å². The van der Waals surface area contributed by atoms with Crippen LogP contribution in [0.1, 0.15) is 22.3 Å². The van der Waals surface area contributed by atoms with Crippen LogP contribution in [0.15, 0.2) is 66.8 Å². The molecule has 3 rings (SSSR count). The van der Waals surface area contributed by atoms with Crippen molar-refractivity contribution in [3.05, 3.63) is 89.0 Å². The molecule has 0 saturated heterocycles. The second kappa shape index (κ2) is 6.83. The number of methoxy groups -OCH3 is 1. The van der Waals surface area contributed by atoms with E-state index < -0.39 is 21.0 Å². The first kappa shape index (κ1) is 18.6. The number of ether oxygens (including phenoxy) is 1. The molecular formula is C21H21O4S-. The molecule has 5 heteroatoms. The fraction of sp³-hybridized carbons (Fsp3) is 0.238. The van der Waals surface area contributed by atoms with E-state index in [2.05, 4.69) is 0 Å². The average Bonchev–Trinajstić information content (AvgIpc) is 2.61. The molecule has 0 aromatic heterocycles.